The number of ether oxygens (including phenoxy) is 3. The lowest BCUT2D eigenvalue weighted by molar-refractivity contribution is -0.122. The first-order chi connectivity index (χ1) is 18.1. The fourth-order valence-electron chi connectivity index (χ4n) is 5.26. The van der Waals surface area contributed by atoms with Gasteiger partial charge in [-0.05, 0) is 60.2 Å². The van der Waals surface area contributed by atoms with Crippen LogP contribution in [0.15, 0.2) is 84.1 Å². The summed E-state index contributed by atoms with van der Waals surface area (Å²) in [5, 5.41) is 3.00. The molecule has 1 aliphatic carbocycles. The predicted molar refractivity (Wildman–Crippen MR) is 141 cm³/mol. The Kier molecular flexibility index (Phi) is 7.26. The van der Waals surface area contributed by atoms with Gasteiger partial charge >= 0.3 is 0 Å². The first-order valence-corrected chi connectivity index (χ1v) is 12.7. The van der Waals surface area contributed by atoms with E-state index in [4.69, 9.17) is 14.2 Å². The molecule has 190 valence electrons. The van der Waals surface area contributed by atoms with Crippen molar-refractivity contribution in [1.29, 1.82) is 0 Å². The van der Waals surface area contributed by atoms with Gasteiger partial charge in [-0.3, -0.25) is 9.59 Å². The summed E-state index contributed by atoms with van der Waals surface area (Å²) < 4.78 is 17.2. The number of allylic oxidation sites excluding steroid dienone is 2. The average Bonchev–Trinajstić information content (AvgIpc) is 2.92. The Bertz CT molecular complexity index is 1330. The van der Waals surface area contributed by atoms with Crippen molar-refractivity contribution in [2.75, 3.05) is 13.7 Å². The minimum atomic E-state index is -0.285. The topological polar surface area (TPSA) is 73.9 Å². The molecule has 1 aliphatic heterocycles. The molecule has 1 heterocycles. The lowest BCUT2D eigenvalue weighted by Gasteiger charge is -2.34. The maximum Gasteiger partial charge on any atom is 0.225 e. The third kappa shape index (κ3) is 5.38. The van der Waals surface area contributed by atoms with E-state index >= 15 is 0 Å². The van der Waals surface area contributed by atoms with Gasteiger partial charge in [0.05, 0.1) is 13.7 Å². The Morgan fingerprint density at radius 1 is 0.838 bits per heavy atom. The highest BCUT2D eigenvalue weighted by Crippen LogP contribution is 2.44. The van der Waals surface area contributed by atoms with E-state index in [1.165, 1.54) is 0 Å². The smallest absolute Gasteiger partial charge is 0.225 e. The molecule has 2 unspecified atom stereocenters. The molecule has 37 heavy (non-hydrogen) atoms. The predicted octanol–water partition coefficient (Wildman–Crippen LogP) is 5.68. The Hall–Kier alpha value is -4.06. The number of carbonyl (C=O) groups is 2. The summed E-state index contributed by atoms with van der Waals surface area (Å²) in [5.74, 6) is 1.71. The zero-order valence-corrected chi connectivity index (χ0v) is 21.2. The minimum absolute atomic E-state index is 0.0459. The standard InChI is InChI=1S/C31H31NO5/c1-3-36-28-13-12-21(17-29(28)35-2)23-15-26-31(27(33)16-23)25(18-30(34)32-26)22-10-7-11-24(14-22)37-19-20-8-5-4-6-9-20/h4-14,17,23,25H,3,15-16,18-19H2,1-2H3,(H,32,34). The number of amides is 1. The summed E-state index contributed by atoms with van der Waals surface area (Å²) in [4.78, 5) is 26.3. The van der Waals surface area contributed by atoms with E-state index in [0.29, 0.717) is 43.1 Å². The van der Waals surface area contributed by atoms with Crippen molar-refractivity contribution >= 4 is 11.7 Å². The van der Waals surface area contributed by atoms with E-state index in [9.17, 15) is 9.59 Å². The summed E-state index contributed by atoms with van der Waals surface area (Å²) >= 11 is 0. The molecule has 0 bridgehead atoms. The molecule has 6 heteroatoms. The van der Waals surface area contributed by atoms with Crippen LogP contribution >= 0.6 is 0 Å². The van der Waals surface area contributed by atoms with Crippen molar-refractivity contribution in [1.82, 2.24) is 5.32 Å². The molecule has 0 saturated carbocycles. The second-order valence-corrected chi connectivity index (χ2v) is 9.42. The highest BCUT2D eigenvalue weighted by molar-refractivity contribution is 6.02. The van der Waals surface area contributed by atoms with Crippen LogP contribution in [0.5, 0.6) is 17.2 Å². The molecular formula is C31H31NO5. The van der Waals surface area contributed by atoms with Gasteiger partial charge in [-0.2, -0.15) is 0 Å². The average molecular weight is 498 g/mol. The van der Waals surface area contributed by atoms with Crippen molar-refractivity contribution in [3.8, 4) is 17.2 Å². The van der Waals surface area contributed by atoms with E-state index in [2.05, 4.69) is 5.32 Å². The van der Waals surface area contributed by atoms with Gasteiger partial charge < -0.3 is 19.5 Å². The van der Waals surface area contributed by atoms with Crippen LogP contribution in [0.4, 0.5) is 0 Å². The summed E-state index contributed by atoms with van der Waals surface area (Å²) in [5.41, 5.74) is 4.43. The number of hydrogen-bond acceptors (Lipinski definition) is 5. The number of carbonyl (C=O) groups excluding carboxylic acids is 2. The fourth-order valence-corrected chi connectivity index (χ4v) is 5.26. The monoisotopic (exact) mass is 497 g/mol. The van der Waals surface area contributed by atoms with Crippen molar-refractivity contribution in [2.45, 2.75) is 44.6 Å². The van der Waals surface area contributed by atoms with Crippen LogP contribution < -0.4 is 19.5 Å². The van der Waals surface area contributed by atoms with Crippen LogP contribution in [0.3, 0.4) is 0 Å². The molecule has 0 aromatic heterocycles. The number of nitrogens with one attached hydrogen (secondary N) is 1. The van der Waals surface area contributed by atoms with Crippen molar-refractivity contribution in [2.24, 2.45) is 0 Å². The molecule has 3 aromatic rings. The number of ketones is 1. The van der Waals surface area contributed by atoms with Crippen molar-refractivity contribution < 1.29 is 23.8 Å². The molecule has 1 N–H and O–H groups in total. The summed E-state index contributed by atoms with van der Waals surface area (Å²) in [6.07, 6.45) is 1.21. The van der Waals surface area contributed by atoms with Crippen LogP contribution in [-0.4, -0.2) is 25.4 Å². The number of methoxy groups -OCH3 is 1. The van der Waals surface area contributed by atoms with E-state index in [1.54, 1.807) is 7.11 Å². The molecular weight excluding hydrogens is 466 g/mol. The van der Waals surface area contributed by atoms with Gasteiger partial charge in [-0.25, -0.2) is 0 Å². The molecule has 0 saturated heterocycles. The summed E-state index contributed by atoms with van der Waals surface area (Å²) in [6.45, 7) is 2.92. The summed E-state index contributed by atoms with van der Waals surface area (Å²) in [6, 6.07) is 23.5. The highest BCUT2D eigenvalue weighted by atomic mass is 16.5. The Morgan fingerprint density at radius 3 is 2.46 bits per heavy atom. The Balaban J connectivity index is 1.39. The summed E-state index contributed by atoms with van der Waals surface area (Å²) in [7, 11) is 1.61. The van der Waals surface area contributed by atoms with Gasteiger partial charge in [0.1, 0.15) is 12.4 Å². The fraction of sp³-hybridized carbons (Fsp3) is 0.290. The first kappa shape index (κ1) is 24.6. The maximum atomic E-state index is 13.5. The van der Waals surface area contributed by atoms with Gasteiger partial charge in [-0.15, -0.1) is 0 Å². The molecule has 0 fully saturated rings. The molecule has 5 rings (SSSR count). The van der Waals surface area contributed by atoms with Crippen molar-refractivity contribution in [3.63, 3.8) is 0 Å². The van der Waals surface area contributed by atoms with Crippen LogP contribution in [0.1, 0.15) is 54.7 Å². The molecule has 2 aliphatic rings. The number of rotatable bonds is 8. The number of Topliss-reactive ketones (excluding diaryl/α,β-unsaturated/α-hetero) is 1. The molecule has 3 aromatic carbocycles. The second-order valence-electron chi connectivity index (χ2n) is 9.42. The first-order valence-electron chi connectivity index (χ1n) is 12.7. The Labute approximate surface area is 217 Å². The van der Waals surface area contributed by atoms with E-state index in [0.717, 1.165) is 28.1 Å². The van der Waals surface area contributed by atoms with Crippen LogP contribution in [0.25, 0.3) is 0 Å². The number of benzene rings is 3. The third-order valence-corrected chi connectivity index (χ3v) is 7.00. The number of hydrogen-bond donors (Lipinski definition) is 1. The van der Waals surface area contributed by atoms with Crippen LogP contribution in [0.2, 0.25) is 0 Å². The largest absolute Gasteiger partial charge is 0.493 e. The van der Waals surface area contributed by atoms with E-state index < -0.39 is 0 Å². The highest BCUT2D eigenvalue weighted by Gasteiger charge is 2.38. The van der Waals surface area contributed by atoms with Gasteiger partial charge in [0.25, 0.3) is 0 Å². The zero-order valence-electron chi connectivity index (χ0n) is 21.2. The minimum Gasteiger partial charge on any atom is -0.493 e. The zero-order chi connectivity index (χ0) is 25.8. The quantitative estimate of drug-likeness (QED) is 0.434. The van der Waals surface area contributed by atoms with Crippen LogP contribution in [-0.2, 0) is 16.2 Å². The Morgan fingerprint density at radius 2 is 1.68 bits per heavy atom. The molecule has 0 spiro atoms. The van der Waals surface area contributed by atoms with E-state index in [-0.39, 0.29) is 29.9 Å². The lowest BCUT2D eigenvalue weighted by atomic mass is 9.73. The lowest BCUT2D eigenvalue weighted by Crippen LogP contribution is -2.38. The van der Waals surface area contributed by atoms with Crippen LogP contribution in [0, 0.1) is 0 Å². The molecule has 1 amide bonds. The normalized spacial score (nSPS) is 19.2. The molecule has 6 nitrogen and oxygen atoms in total. The van der Waals surface area contributed by atoms with Crippen molar-refractivity contribution in [3.05, 3.63) is 101 Å². The SMILES string of the molecule is CCOc1ccc(C2CC(=O)C3=C(C2)NC(=O)CC3c2cccc(OCc3ccccc3)c2)cc1OC. The van der Waals surface area contributed by atoms with Gasteiger partial charge in [-0.1, -0.05) is 48.5 Å². The third-order valence-electron chi connectivity index (χ3n) is 7.00. The van der Waals surface area contributed by atoms with Gasteiger partial charge in [0, 0.05) is 30.0 Å². The maximum absolute atomic E-state index is 13.5. The second kappa shape index (κ2) is 10.9. The molecule has 2 atom stereocenters. The van der Waals surface area contributed by atoms with E-state index in [1.807, 2.05) is 79.7 Å². The van der Waals surface area contributed by atoms with Gasteiger partial charge in [0.2, 0.25) is 5.91 Å². The molecule has 0 radical (unpaired) electrons. The van der Waals surface area contributed by atoms with Gasteiger partial charge in [0.15, 0.2) is 17.3 Å².